The van der Waals surface area contributed by atoms with E-state index in [1.54, 1.807) is 12.1 Å². The Morgan fingerprint density at radius 2 is 2.03 bits per heavy atom. The Balaban J connectivity index is 0.000000501. The molecule has 3 rings (SSSR count). The molecule has 0 aliphatic carbocycles. The number of benzene rings is 1. The number of carbonyl (C=O) groups excluding carboxylic acids is 1. The molecule has 1 aromatic carbocycles. The summed E-state index contributed by atoms with van der Waals surface area (Å²) in [5.41, 5.74) is 8.73. The Hall–Kier alpha value is -3.31. The van der Waals surface area contributed by atoms with E-state index in [9.17, 15) is 14.0 Å². The smallest absolute Gasteiger partial charge is 0.318 e. The Kier molecular flexibility index (Phi) is 8.64. The Bertz CT molecular complexity index is 924. The number of aliphatic carboxylic acids is 1. The molecule has 31 heavy (non-hydrogen) atoms. The number of carboxylic acids is 1. The lowest BCUT2D eigenvalue weighted by Gasteiger charge is -2.31. The number of ketones is 1. The third kappa shape index (κ3) is 6.59. The lowest BCUT2D eigenvalue weighted by Crippen LogP contribution is -2.36. The summed E-state index contributed by atoms with van der Waals surface area (Å²) in [5.74, 6) is 3.86. The lowest BCUT2D eigenvalue weighted by molar-refractivity contribution is -0.135. The SMILES string of the molecule is CCc1ccc(F)cc1C(=O)C1CCN(c2cc(C(=N)N)on2)CC1.NNCC(=O)O. The van der Waals surface area contributed by atoms with E-state index in [-0.39, 0.29) is 35.7 Å². The van der Waals surface area contributed by atoms with Crippen LogP contribution < -0.4 is 21.9 Å². The molecular formula is C20H27FN6O4. The zero-order valence-electron chi connectivity index (χ0n) is 17.2. The molecule has 2 aromatic rings. The average Bonchev–Trinajstić information content (AvgIpc) is 3.24. The van der Waals surface area contributed by atoms with Gasteiger partial charge in [-0.1, -0.05) is 18.1 Å². The number of Topliss-reactive ketones (excluding diaryl/α,β-unsaturated/α-hetero) is 1. The van der Waals surface area contributed by atoms with Crippen LogP contribution in [0.4, 0.5) is 10.2 Å². The van der Waals surface area contributed by atoms with Gasteiger partial charge in [-0.3, -0.25) is 20.8 Å². The molecular weight excluding hydrogens is 407 g/mol. The number of nitrogens with one attached hydrogen (secondary N) is 2. The standard InChI is InChI=1S/C18H21FN4O2.C2H6N2O2/c1-2-11-3-4-13(19)9-14(11)17(24)12-5-7-23(8-6-12)16-10-15(18(20)21)25-22-16;3-4-1-2(5)6/h3-4,9-10,12H,2,5-8H2,1H3,(H3,20,21);4H,1,3H2,(H,5,6). The topological polar surface area (TPSA) is 172 Å². The highest BCUT2D eigenvalue weighted by molar-refractivity contribution is 5.99. The summed E-state index contributed by atoms with van der Waals surface area (Å²) in [6.45, 7) is 3.08. The number of carboxylic acid groups (broad SMARTS) is 1. The maximum atomic E-state index is 13.6. The highest BCUT2D eigenvalue weighted by atomic mass is 19.1. The van der Waals surface area contributed by atoms with Gasteiger partial charge < -0.3 is 20.3 Å². The van der Waals surface area contributed by atoms with Crippen molar-refractivity contribution in [3.8, 4) is 0 Å². The van der Waals surface area contributed by atoms with Crippen LogP contribution in [0.2, 0.25) is 0 Å². The number of aromatic nitrogens is 1. The van der Waals surface area contributed by atoms with Crippen molar-refractivity contribution in [1.82, 2.24) is 10.6 Å². The first-order valence-electron chi connectivity index (χ1n) is 9.80. The minimum atomic E-state index is -0.947. The monoisotopic (exact) mass is 434 g/mol. The largest absolute Gasteiger partial charge is 0.480 e. The van der Waals surface area contributed by atoms with Crippen LogP contribution in [-0.4, -0.2) is 47.5 Å². The van der Waals surface area contributed by atoms with Crippen LogP contribution >= 0.6 is 0 Å². The second-order valence-electron chi connectivity index (χ2n) is 7.02. The predicted octanol–water partition coefficient (Wildman–Crippen LogP) is 1.29. The molecule has 0 bridgehead atoms. The van der Waals surface area contributed by atoms with Crippen molar-refractivity contribution in [2.45, 2.75) is 26.2 Å². The van der Waals surface area contributed by atoms with E-state index in [2.05, 4.69) is 11.0 Å². The molecule has 0 radical (unpaired) electrons. The van der Waals surface area contributed by atoms with Crippen molar-refractivity contribution < 1.29 is 23.6 Å². The predicted molar refractivity (Wildman–Crippen MR) is 112 cm³/mol. The van der Waals surface area contributed by atoms with Crippen LogP contribution in [0, 0.1) is 17.1 Å². The van der Waals surface area contributed by atoms with Crippen LogP contribution in [-0.2, 0) is 11.2 Å². The summed E-state index contributed by atoms with van der Waals surface area (Å²) < 4.78 is 18.6. The first kappa shape index (κ1) is 24.0. The summed E-state index contributed by atoms with van der Waals surface area (Å²) in [7, 11) is 0. The number of nitrogen functional groups attached to an aromatic ring is 1. The van der Waals surface area contributed by atoms with Gasteiger partial charge in [-0.25, -0.2) is 9.82 Å². The fourth-order valence-electron chi connectivity index (χ4n) is 3.31. The van der Waals surface area contributed by atoms with E-state index < -0.39 is 5.97 Å². The molecule has 1 aromatic heterocycles. The van der Waals surface area contributed by atoms with Crippen LogP contribution in [0.5, 0.6) is 0 Å². The average molecular weight is 434 g/mol. The molecule has 0 spiro atoms. The number of rotatable bonds is 7. The van der Waals surface area contributed by atoms with Crippen LogP contribution in [0.3, 0.4) is 0 Å². The fraction of sp³-hybridized carbons (Fsp3) is 0.400. The van der Waals surface area contributed by atoms with Gasteiger partial charge in [0.05, 0.1) is 0 Å². The molecule has 7 N–H and O–H groups in total. The van der Waals surface area contributed by atoms with E-state index in [0.29, 0.717) is 43.7 Å². The maximum Gasteiger partial charge on any atom is 0.318 e. The van der Waals surface area contributed by atoms with Gasteiger partial charge in [0, 0.05) is 30.6 Å². The summed E-state index contributed by atoms with van der Waals surface area (Å²) in [4.78, 5) is 24.3. The van der Waals surface area contributed by atoms with Gasteiger partial charge in [0.15, 0.2) is 17.4 Å². The number of amidine groups is 1. The van der Waals surface area contributed by atoms with E-state index in [1.807, 2.05) is 17.2 Å². The van der Waals surface area contributed by atoms with E-state index in [4.69, 9.17) is 20.8 Å². The summed E-state index contributed by atoms with van der Waals surface area (Å²) in [5, 5.41) is 19.0. The number of carbonyl (C=O) groups is 2. The zero-order valence-corrected chi connectivity index (χ0v) is 17.2. The first-order chi connectivity index (χ1) is 14.8. The lowest BCUT2D eigenvalue weighted by atomic mass is 9.86. The van der Waals surface area contributed by atoms with Crippen molar-refractivity contribution in [2.24, 2.45) is 17.5 Å². The van der Waals surface area contributed by atoms with Gasteiger partial charge in [-0.15, -0.1) is 0 Å². The molecule has 0 amide bonds. The third-order valence-corrected chi connectivity index (χ3v) is 4.92. The Labute approximate surface area is 178 Å². The Morgan fingerprint density at radius 1 is 1.35 bits per heavy atom. The number of nitrogens with two attached hydrogens (primary N) is 2. The highest BCUT2D eigenvalue weighted by Gasteiger charge is 2.28. The minimum absolute atomic E-state index is 0.0144. The van der Waals surface area contributed by atoms with Gasteiger partial charge in [0.2, 0.25) is 5.76 Å². The molecule has 0 unspecified atom stereocenters. The zero-order chi connectivity index (χ0) is 23.0. The second-order valence-corrected chi connectivity index (χ2v) is 7.02. The van der Waals surface area contributed by atoms with Crippen molar-refractivity contribution in [2.75, 3.05) is 24.5 Å². The molecule has 0 atom stereocenters. The summed E-state index contributed by atoms with van der Waals surface area (Å²) >= 11 is 0. The number of nitrogens with zero attached hydrogens (tertiary/aromatic N) is 2. The number of piperidine rings is 1. The molecule has 10 nitrogen and oxygen atoms in total. The quantitative estimate of drug-likeness (QED) is 0.141. The number of hydrazine groups is 1. The van der Waals surface area contributed by atoms with E-state index in [0.717, 1.165) is 5.56 Å². The number of halogens is 1. The molecule has 168 valence electrons. The van der Waals surface area contributed by atoms with Gasteiger partial charge in [0.25, 0.3) is 0 Å². The molecule has 1 aliphatic heterocycles. The third-order valence-electron chi connectivity index (χ3n) is 4.92. The molecule has 0 saturated carbocycles. The first-order valence-corrected chi connectivity index (χ1v) is 9.80. The Morgan fingerprint density at radius 3 is 2.52 bits per heavy atom. The van der Waals surface area contributed by atoms with E-state index in [1.165, 1.54) is 12.1 Å². The number of aryl methyl sites for hydroxylation is 1. The molecule has 1 fully saturated rings. The van der Waals surface area contributed by atoms with Gasteiger partial charge in [-0.05, 0) is 37.0 Å². The number of hydrogen-bond donors (Lipinski definition) is 5. The molecule has 11 heteroatoms. The molecule has 1 saturated heterocycles. The van der Waals surface area contributed by atoms with Gasteiger partial charge in [-0.2, -0.15) is 0 Å². The van der Waals surface area contributed by atoms with Crippen molar-refractivity contribution in [3.63, 3.8) is 0 Å². The summed E-state index contributed by atoms with van der Waals surface area (Å²) in [6.07, 6.45) is 2.04. The molecule has 1 aliphatic rings. The number of anilines is 1. The number of hydrogen-bond acceptors (Lipinski definition) is 8. The molecule has 2 heterocycles. The summed E-state index contributed by atoms with van der Waals surface area (Å²) in [6, 6.07) is 6.07. The van der Waals surface area contributed by atoms with Crippen molar-refractivity contribution in [3.05, 3.63) is 47.0 Å². The fourth-order valence-corrected chi connectivity index (χ4v) is 3.31. The second kappa shape index (κ2) is 11.2. The van der Waals surface area contributed by atoms with Crippen molar-refractivity contribution in [1.29, 1.82) is 5.41 Å². The van der Waals surface area contributed by atoms with Crippen LogP contribution in [0.25, 0.3) is 0 Å². The van der Waals surface area contributed by atoms with Gasteiger partial charge >= 0.3 is 5.97 Å². The highest BCUT2D eigenvalue weighted by Crippen LogP contribution is 2.27. The van der Waals surface area contributed by atoms with Crippen LogP contribution in [0.1, 0.15) is 41.4 Å². The maximum absolute atomic E-state index is 13.6. The van der Waals surface area contributed by atoms with Crippen molar-refractivity contribution >= 4 is 23.4 Å². The normalized spacial score (nSPS) is 14.0. The van der Waals surface area contributed by atoms with E-state index >= 15 is 0 Å². The van der Waals surface area contributed by atoms with Gasteiger partial charge in [0.1, 0.15) is 12.4 Å². The van der Waals surface area contributed by atoms with Crippen LogP contribution in [0.15, 0.2) is 28.8 Å². The minimum Gasteiger partial charge on any atom is -0.480 e.